The largest absolute Gasteiger partial charge is 0.238 e. The number of aromatic nitrogens is 4. The lowest BCUT2D eigenvalue weighted by Gasteiger charge is -2.05. The van der Waals surface area contributed by atoms with Crippen LogP contribution in [0.3, 0.4) is 0 Å². The van der Waals surface area contributed by atoms with Gasteiger partial charge >= 0.3 is 0 Å². The highest BCUT2D eigenvalue weighted by Crippen LogP contribution is 2.15. The first-order valence-electron chi connectivity index (χ1n) is 5.34. The molecule has 0 N–H and O–H groups in total. The number of rotatable bonds is 1. The summed E-state index contributed by atoms with van der Waals surface area (Å²) in [7, 11) is 0. The van der Waals surface area contributed by atoms with E-state index in [1.165, 1.54) is 5.56 Å². The van der Waals surface area contributed by atoms with Crippen LogP contribution in [-0.4, -0.2) is 19.7 Å². The van der Waals surface area contributed by atoms with E-state index in [-0.39, 0.29) is 0 Å². The molecule has 16 heavy (non-hydrogen) atoms. The minimum atomic E-state index is 0.778. The Morgan fingerprint density at radius 1 is 1.00 bits per heavy atom. The lowest BCUT2D eigenvalue weighted by Crippen LogP contribution is -2.05. The molecule has 0 fully saturated rings. The van der Waals surface area contributed by atoms with E-state index in [1.54, 1.807) is 0 Å². The van der Waals surface area contributed by atoms with Crippen LogP contribution in [0.15, 0.2) is 6.07 Å². The summed E-state index contributed by atoms with van der Waals surface area (Å²) in [5.74, 6) is 1.62. The van der Waals surface area contributed by atoms with Gasteiger partial charge < -0.3 is 0 Å². The third-order valence-corrected chi connectivity index (χ3v) is 2.82. The molecule has 0 unspecified atom stereocenters. The Kier molecular flexibility index (Phi) is 2.50. The molecule has 0 saturated carbocycles. The first-order valence-corrected chi connectivity index (χ1v) is 5.34. The quantitative estimate of drug-likeness (QED) is 0.734. The monoisotopic (exact) mass is 216 g/mol. The smallest absolute Gasteiger partial charge is 0.157 e. The molecule has 0 aromatic carbocycles. The average molecular weight is 216 g/mol. The van der Waals surface area contributed by atoms with Crippen LogP contribution < -0.4 is 0 Å². The molecule has 2 aromatic rings. The summed E-state index contributed by atoms with van der Waals surface area (Å²) in [5.41, 5.74) is 4.36. The molecule has 0 radical (unpaired) electrons. The normalized spacial score (nSPS) is 10.8. The number of aryl methyl sites for hydroxylation is 3. The highest BCUT2D eigenvalue weighted by Gasteiger charge is 2.10. The molecule has 0 aliphatic heterocycles. The predicted octanol–water partition coefficient (Wildman–Crippen LogP) is 2.20. The van der Waals surface area contributed by atoms with Crippen molar-refractivity contribution in [3.8, 4) is 5.82 Å². The van der Waals surface area contributed by atoms with Gasteiger partial charge in [0.15, 0.2) is 5.82 Å². The molecule has 0 saturated heterocycles. The maximum atomic E-state index is 4.49. The van der Waals surface area contributed by atoms with Crippen LogP contribution in [-0.2, 0) is 0 Å². The van der Waals surface area contributed by atoms with Crippen molar-refractivity contribution in [1.82, 2.24) is 19.7 Å². The Hall–Kier alpha value is -1.71. The summed E-state index contributed by atoms with van der Waals surface area (Å²) in [4.78, 5) is 8.68. The van der Waals surface area contributed by atoms with Crippen molar-refractivity contribution < 1.29 is 0 Å². The molecule has 4 heteroatoms. The van der Waals surface area contributed by atoms with E-state index in [2.05, 4.69) is 28.9 Å². The van der Waals surface area contributed by atoms with Crippen molar-refractivity contribution in [3.05, 3.63) is 34.5 Å². The van der Waals surface area contributed by atoms with E-state index in [0.29, 0.717) is 0 Å². The third kappa shape index (κ3) is 1.71. The van der Waals surface area contributed by atoms with Gasteiger partial charge in [0.2, 0.25) is 0 Å². The fraction of sp³-hybridized carbons (Fsp3) is 0.417. The number of hydrogen-bond acceptors (Lipinski definition) is 3. The molecule has 4 nitrogen and oxygen atoms in total. The van der Waals surface area contributed by atoms with Gasteiger partial charge in [0.1, 0.15) is 5.82 Å². The van der Waals surface area contributed by atoms with Crippen LogP contribution in [0.4, 0.5) is 0 Å². The van der Waals surface area contributed by atoms with Gasteiger partial charge in [0.05, 0.1) is 5.69 Å². The van der Waals surface area contributed by atoms with Gasteiger partial charge in [-0.05, 0) is 40.2 Å². The highest BCUT2D eigenvalue weighted by atomic mass is 15.3. The Morgan fingerprint density at radius 3 is 2.19 bits per heavy atom. The molecule has 2 heterocycles. The van der Waals surface area contributed by atoms with Gasteiger partial charge in [-0.3, -0.25) is 0 Å². The third-order valence-electron chi connectivity index (χ3n) is 2.82. The average Bonchev–Trinajstić information content (AvgIpc) is 2.44. The first-order chi connectivity index (χ1) is 7.49. The van der Waals surface area contributed by atoms with Gasteiger partial charge in [0, 0.05) is 17.5 Å². The lowest BCUT2D eigenvalue weighted by atomic mass is 10.2. The fourth-order valence-electron chi connectivity index (χ4n) is 1.75. The molecule has 2 rings (SSSR count). The van der Waals surface area contributed by atoms with Crippen LogP contribution in [0.2, 0.25) is 0 Å². The maximum absolute atomic E-state index is 4.49. The Bertz CT molecular complexity index is 520. The van der Waals surface area contributed by atoms with Crippen molar-refractivity contribution >= 4 is 0 Å². The molecular weight excluding hydrogens is 200 g/mol. The lowest BCUT2D eigenvalue weighted by molar-refractivity contribution is 0.788. The molecule has 2 aromatic heterocycles. The Morgan fingerprint density at radius 2 is 1.69 bits per heavy atom. The molecule has 0 bridgehead atoms. The van der Waals surface area contributed by atoms with Crippen LogP contribution in [0.1, 0.15) is 28.5 Å². The van der Waals surface area contributed by atoms with Crippen molar-refractivity contribution in [3.63, 3.8) is 0 Å². The fourth-order valence-corrected chi connectivity index (χ4v) is 1.75. The van der Waals surface area contributed by atoms with Gasteiger partial charge in [-0.15, -0.1) is 0 Å². The second-order valence-electron chi connectivity index (χ2n) is 4.12. The number of hydrogen-bond donors (Lipinski definition) is 0. The highest BCUT2D eigenvalue weighted by molar-refractivity contribution is 5.32. The zero-order chi connectivity index (χ0) is 11.9. The maximum Gasteiger partial charge on any atom is 0.157 e. The van der Waals surface area contributed by atoms with E-state index in [0.717, 1.165) is 28.7 Å². The molecule has 84 valence electrons. The zero-order valence-corrected chi connectivity index (χ0v) is 10.4. The van der Waals surface area contributed by atoms with E-state index in [1.807, 2.05) is 31.5 Å². The van der Waals surface area contributed by atoms with Crippen LogP contribution >= 0.6 is 0 Å². The molecule has 0 amide bonds. The van der Waals surface area contributed by atoms with E-state index in [4.69, 9.17) is 0 Å². The molecular formula is C12H16N4. The molecule has 0 atom stereocenters. The summed E-state index contributed by atoms with van der Waals surface area (Å²) in [5, 5.41) is 4.49. The molecule has 0 spiro atoms. The van der Waals surface area contributed by atoms with Crippen LogP contribution in [0, 0.1) is 34.6 Å². The molecule has 0 aliphatic carbocycles. The van der Waals surface area contributed by atoms with Gasteiger partial charge in [-0.25, -0.2) is 14.6 Å². The van der Waals surface area contributed by atoms with Gasteiger partial charge in [-0.1, -0.05) is 0 Å². The minimum absolute atomic E-state index is 0.778. The van der Waals surface area contributed by atoms with E-state index < -0.39 is 0 Å². The Labute approximate surface area is 95.4 Å². The zero-order valence-electron chi connectivity index (χ0n) is 10.4. The van der Waals surface area contributed by atoms with Crippen LogP contribution in [0.5, 0.6) is 0 Å². The summed E-state index contributed by atoms with van der Waals surface area (Å²) < 4.78 is 1.88. The summed E-state index contributed by atoms with van der Waals surface area (Å²) >= 11 is 0. The Balaban J connectivity index is 2.62. The number of nitrogens with zero attached hydrogens (tertiary/aromatic N) is 4. The second kappa shape index (κ2) is 3.70. The second-order valence-corrected chi connectivity index (χ2v) is 4.12. The van der Waals surface area contributed by atoms with E-state index in [9.17, 15) is 0 Å². The standard InChI is InChI=1S/C12H16N4/c1-7-6-12(14-11(5)13-7)16-10(4)8(2)9(3)15-16/h6H,1-5H3. The topological polar surface area (TPSA) is 43.6 Å². The van der Waals surface area contributed by atoms with Crippen molar-refractivity contribution in [2.75, 3.05) is 0 Å². The SMILES string of the molecule is Cc1cc(-n2nc(C)c(C)c2C)nc(C)n1. The predicted molar refractivity (Wildman–Crippen MR) is 62.8 cm³/mol. The van der Waals surface area contributed by atoms with Gasteiger partial charge in [-0.2, -0.15) is 5.10 Å². The van der Waals surface area contributed by atoms with Crippen molar-refractivity contribution in [2.45, 2.75) is 34.6 Å². The summed E-state index contributed by atoms with van der Waals surface area (Å²) in [6.45, 7) is 10.0. The van der Waals surface area contributed by atoms with E-state index >= 15 is 0 Å². The van der Waals surface area contributed by atoms with Crippen LogP contribution in [0.25, 0.3) is 5.82 Å². The van der Waals surface area contributed by atoms with Gasteiger partial charge in [0.25, 0.3) is 0 Å². The first kappa shape index (κ1) is 10.8. The van der Waals surface area contributed by atoms with Crippen molar-refractivity contribution in [1.29, 1.82) is 0 Å². The van der Waals surface area contributed by atoms with Crippen molar-refractivity contribution in [2.24, 2.45) is 0 Å². The summed E-state index contributed by atoms with van der Waals surface area (Å²) in [6.07, 6.45) is 0. The minimum Gasteiger partial charge on any atom is -0.238 e. The molecule has 0 aliphatic rings. The summed E-state index contributed by atoms with van der Waals surface area (Å²) in [6, 6.07) is 1.95.